The Balaban J connectivity index is 1.40. The summed E-state index contributed by atoms with van der Waals surface area (Å²) in [5, 5.41) is 11.0. The van der Waals surface area contributed by atoms with Crippen LogP contribution in [0.4, 0.5) is 0 Å². The zero-order valence-electron chi connectivity index (χ0n) is 21.9. The van der Waals surface area contributed by atoms with Crippen LogP contribution in [-0.4, -0.2) is 59.5 Å². The van der Waals surface area contributed by atoms with Gasteiger partial charge in [-0.15, -0.1) is 0 Å². The zero-order chi connectivity index (χ0) is 27.8. The van der Waals surface area contributed by atoms with Gasteiger partial charge in [0.2, 0.25) is 0 Å². The lowest BCUT2D eigenvalue weighted by atomic mass is 9.97. The average Bonchev–Trinajstić information content (AvgIpc) is 3.25. The first kappa shape index (κ1) is 28.0. The number of rotatable bonds is 11. The average molecular weight is 547 g/mol. The van der Waals surface area contributed by atoms with Crippen molar-refractivity contribution in [3.8, 4) is 11.5 Å². The number of allylic oxidation sites excluding steroid dienone is 2. The van der Waals surface area contributed by atoms with E-state index in [-0.39, 0.29) is 42.8 Å². The number of ketones is 1. The van der Waals surface area contributed by atoms with Crippen LogP contribution in [0.5, 0.6) is 11.5 Å². The number of carbonyl (C=O) groups is 3. The van der Waals surface area contributed by atoms with Crippen molar-refractivity contribution in [3.63, 3.8) is 0 Å². The number of esters is 1. The predicted molar refractivity (Wildman–Crippen MR) is 150 cm³/mol. The third-order valence-corrected chi connectivity index (χ3v) is 6.65. The molecule has 2 aliphatic rings. The van der Waals surface area contributed by atoms with Gasteiger partial charge in [0.25, 0.3) is 5.91 Å². The fraction of sp³-hybridized carbons (Fsp3) is 0.300. The largest absolute Gasteiger partial charge is 0.507 e. The van der Waals surface area contributed by atoms with E-state index in [1.54, 1.807) is 12.1 Å². The molecule has 4 rings (SSSR count). The molecule has 1 aliphatic carbocycles. The summed E-state index contributed by atoms with van der Waals surface area (Å²) in [6, 6.07) is 12.4. The highest BCUT2D eigenvalue weighted by molar-refractivity contribution is 7.97. The Bertz CT molecular complexity index is 1390. The van der Waals surface area contributed by atoms with Gasteiger partial charge in [-0.2, -0.15) is 4.40 Å². The smallest absolute Gasteiger partial charge is 0.344 e. The quantitative estimate of drug-likeness (QED) is 0.190. The van der Waals surface area contributed by atoms with Gasteiger partial charge in [-0.3, -0.25) is 9.59 Å². The minimum Gasteiger partial charge on any atom is -0.507 e. The second-order valence-corrected chi connectivity index (χ2v) is 9.69. The van der Waals surface area contributed by atoms with E-state index >= 15 is 0 Å². The SMILES string of the molecule is CCCc1c(OCC(=O)OCc2ccccc2)ccc(C(=O)CN2CC3=C(C=CC(=C=NSC)C3)C2=O)c1O. The van der Waals surface area contributed by atoms with Gasteiger partial charge >= 0.3 is 5.97 Å². The number of aromatic hydroxyl groups is 1. The van der Waals surface area contributed by atoms with Crippen LogP contribution >= 0.6 is 11.9 Å². The molecule has 0 spiro atoms. The number of ether oxygens (including phenoxy) is 2. The summed E-state index contributed by atoms with van der Waals surface area (Å²) in [5.74, 6) is 1.94. The van der Waals surface area contributed by atoms with Crippen LogP contribution in [0.2, 0.25) is 0 Å². The third kappa shape index (κ3) is 6.88. The summed E-state index contributed by atoms with van der Waals surface area (Å²) in [6.07, 6.45) is 7.09. The molecule has 2 aromatic rings. The number of hydrogen-bond acceptors (Lipinski definition) is 8. The third-order valence-electron chi connectivity index (χ3n) is 6.38. The molecule has 0 saturated heterocycles. The van der Waals surface area contributed by atoms with Crippen LogP contribution in [-0.2, 0) is 27.4 Å². The lowest BCUT2D eigenvalue weighted by molar-refractivity contribution is -0.147. The molecule has 0 saturated carbocycles. The van der Waals surface area contributed by atoms with Gasteiger partial charge in [-0.1, -0.05) is 43.7 Å². The number of phenols is 1. The van der Waals surface area contributed by atoms with Crippen LogP contribution in [0.1, 0.15) is 41.3 Å². The Morgan fingerprint density at radius 2 is 1.95 bits per heavy atom. The molecule has 1 N–H and O–H groups in total. The molecule has 1 heterocycles. The summed E-state index contributed by atoms with van der Waals surface area (Å²) in [4.78, 5) is 39.8. The molecule has 0 radical (unpaired) electrons. The van der Waals surface area contributed by atoms with Crippen molar-refractivity contribution in [2.24, 2.45) is 4.40 Å². The van der Waals surface area contributed by atoms with Crippen molar-refractivity contribution < 1.29 is 29.0 Å². The van der Waals surface area contributed by atoms with Crippen molar-refractivity contribution in [2.45, 2.75) is 32.8 Å². The molecule has 0 fully saturated rings. The topological polar surface area (TPSA) is 106 Å². The van der Waals surface area contributed by atoms with E-state index in [4.69, 9.17) is 9.47 Å². The van der Waals surface area contributed by atoms with E-state index in [0.29, 0.717) is 42.7 Å². The lowest BCUT2D eigenvalue weighted by Gasteiger charge is -2.18. The Hall–Kier alpha value is -4.07. The van der Waals surface area contributed by atoms with Gasteiger partial charge in [-0.05, 0) is 59.7 Å². The lowest BCUT2D eigenvalue weighted by Crippen LogP contribution is -2.32. The molecule has 8 nitrogen and oxygen atoms in total. The maximum atomic E-state index is 13.2. The number of nitrogens with zero attached hydrogens (tertiary/aromatic N) is 2. The van der Waals surface area contributed by atoms with Crippen molar-refractivity contribution >= 4 is 35.5 Å². The van der Waals surface area contributed by atoms with Gasteiger partial charge in [0.05, 0.1) is 12.1 Å². The minimum atomic E-state index is -0.545. The maximum Gasteiger partial charge on any atom is 0.344 e. The van der Waals surface area contributed by atoms with Crippen molar-refractivity contribution in [1.29, 1.82) is 0 Å². The molecular weight excluding hydrogens is 516 g/mol. The number of benzene rings is 2. The van der Waals surface area contributed by atoms with Gasteiger partial charge in [-0.25, -0.2) is 4.79 Å². The van der Waals surface area contributed by atoms with E-state index in [1.807, 2.05) is 49.6 Å². The Morgan fingerprint density at radius 3 is 2.69 bits per heavy atom. The first-order valence-corrected chi connectivity index (χ1v) is 13.8. The molecule has 1 aliphatic heterocycles. The summed E-state index contributed by atoms with van der Waals surface area (Å²) >= 11 is 1.31. The number of carbonyl (C=O) groups excluding carboxylic acids is 3. The van der Waals surface area contributed by atoms with Gasteiger partial charge < -0.3 is 19.5 Å². The number of hydrogen-bond donors (Lipinski definition) is 1. The van der Waals surface area contributed by atoms with E-state index in [9.17, 15) is 19.5 Å². The molecule has 0 bridgehead atoms. The molecule has 39 heavy (non-hydrogen) atoms. The van der Waals surface area contributed by atoms with Crippen molar-refractivity contribution in [1.82, 2.24) is 4.90 Å². The van der Waals surface area contributed by atoms with Crippen LogP contribution in [0.15, 0.2) is 75.7 Å². The Morgan fingerprint density at radius 1 is 1.15 bits per heavy atom. The van der Waals surface area contributed by atoms with Gasteiger partial charge in [0.1, 0.15) is 18.1 Å². The number of Topliss-reactive ketones (excluding diaryl/α,β-unsaturated/α-hetero) is 1. The maximum absolute atomic E-state index is 13.2. The normalized spacial score (nSPS) is 14.3. The first-order valence-electron chi connectivity index (χ1n) is 12.7. The summed E-state index contributed by atoms with van der Waals surface area (Å²) < 4.78 is 15.0. The van der Waals surface area contributed by atoms with E-state index in [0.717, 1.165) is 16.7 Å². The molecule has 0 aromatic heterocycles. The minimum absolute atomic E-state index is 0.110. The van der Waals surface area contributed by atoms with E-state index < -0.39 is 5.97 Å². The Kier molecular flexibility index (Phi) is 9.41. The number of phenolic OH excluding ortho intramolecular Hbond substituents is 1. The second kappa shape index (κ2) is 13.1. The zero-order valence-corrected chi connectivity index (χ0v) is 22.8. The monoisotopic (exact) mass is 546 g/mol. The molecule has 2 aromatic carbocycles. The summed E-state index contributed by atoms with van der Waals surface area (Å²) in [5.41, 5.74) is 3.81. The molecule has 202 valence electrons. The van der Waals surface area contributed by atoms with Gasteiger partial charge in [0, 0.05) is 35.9 Å². The van der Waals surface area contributed by atoms with Crippen LogP contribution < -0.4 is 4.74 Å². The second-order valence-electron chi connectivity index (χ2n) is 9.15. The fourth-order valence-corrected chi connectivity index (χ4v) is 4.68. The molecule has 9 heteroatoms. The molecule has 0 atom stereocenters. The molecule has 0 unspecified atom stereocenters. The fourth-order valence-electron chi connectivity index (χ4n) is 4.48. The highest BCUT2D eigenvalue weighted by atomic mass is 32.2. The van der Waals surface area contributed by atoms with Crippen molar-refractivity contribution in [2.75, 3.05) is 26.0 Å². The summed E-state index contributed by atoms with van der Waals surface area (Å²) in [6.45, 7) is 1.91. The first-order chi connectivity index (χ1) is 18.9. The van der Waals surface area contributed by atoms with Crippen LogP contribution in [0.3, 0.4) is 0 Å². The highest BCUT2D eigenvalue weighted by Crippen LogP contribution is 2.34. The van der Waals surface area contributed by atoms with Crippen LogP contribution in [0.25, 0.3) is 0 Å². The summed E-state index contributed by atoms with van der Waals surface area (Å²) in [7, 11) is 0. The highest BCUT2D eigenvalue weighted by Gasteiger charge is 2.32. The standard InChI is InChI=1S/C30H30N2O6S/c1-3-7-25-27(37-19-28(34)38-18-20-8-5-4-6-9-20)13-12-24(29(25)35)26(33)17-32-16-22-14-21(15-31-39-2)10-11-23(22)30(32)36/h4-6,8-13,35H,3,7,14,16-19H2,1-2H3. The number of amides is 1. The Labute approximate surface area is 231 Å². The van der Waals surface area contributed by atoms with E-state index in [2.05, 4.69) is 10.3 Å². The van der Waals surface area contributed by atoms with E-state index in [1.165, 1.54) is 22.9 Å². The van der Waals surface area contributed by atoms with Crippen molar-refractivity contribution in [3.05, 3.63) is 88.0 Å². The van der Waals surface area contributed by atoms with Crippen LogP contribution in [0, 0.1) is 0 Å². The molecular formula is C30H30N2O6S. The molecule has 1 amide bonds. The van der Waals surface area contributed by atoms with Gasteiger partial charge in [0.15, 0.2) is 12.4 Å². The predicted octanol–water partition coefficient (Wildman–Crippen LogP) is 4.62.